The van der Waals surface area contributed by atoms with Crippen LogP contribution < -0.4 is 15.4 Å². The summed E-state index contributed by atoms with van der Waals surface area (Å²) in [5.41, 5.74) is 1.96. The second kappa shape index (κ2) is 19.1. The molecule has 0 aromatic heterocycles. The summed E-state index contributed by atoms with van der Waals surface area (Å²) in [7, 11) is 2.63. The van der Waals surface area contributed by atoms with Gasteiger partial charge in [-0.15, -0.1) is 0 Å². The first kappa shape index (κ1) is 30.2. The van der Waals surface area contributed by atoms with E-state index in [1.165, 1.54) is 32.1 Å². The summed E-state index contributed by atoms with van der Waals surface area (Å²) >= 11 is 0. The van der Waals surface area contributed by atoms with E-state index >= 15 is 0 Å². The van der Waals surface area contributed by atoms with Gasteiger partial charge in [0.25, 0.3) is 0 Å². The van der Waals surface area contributed by atoms with Gasteiger partial charge in [-0.25, -0.2) is 4.79 Å². The summed E-state index contributed by atoms with van der Waals surface area (Å²) in [4.78, 5) is 14.3. The Bertz CT molecular complexity index is 906. The lowest BCUT2D eigenvalue weighted by atomic mass is 9.90. The molecule has 6 nitrogen and oxygen atoms in total. The molecule has 1 heterocycles. The van der Waals surface area contributed by atoms with Gasteiger partial charge in [-0.2, -0.15) is 0 Å². The number of aliphatic hydroxyl groups excluding tert-OH is 1. The third-order valence-electron chi connectivity index (χ3n) is 6.49. The van der Waals surface area contributed by atoms with E-state index in [1.54, 1.807) is 7.11 Å². The van der Waals surface area contributed by atoms with Crippen molar-refractivity contribution >= 4 is 11.7 Å². The molecule has 0 radical (unpaired) electrons. The number of hydrogen-bond donors (Lipinski definition) is 3. The number of methoxy groups -OCH3 is 1. The third-order valence-corrected chi connectivity index (χ3v) is 6.49. The first-order valence-electron chi connectivity index (χ1n) is 13.7. The fourth-order valence-corrected chi connectivity index (χ4v) is 4.38. The van der Waals surface area contributed by atoms with E-state index in [9.17, 15) is 4.79 Å². The van der Waals surface area contributed by atoms with Gasteiger partial charge < -0.3 is 25.4 Å². The quantitative estimate of drug-likeness (QED) is 0.441. The van der Waals surface area contributed by atoms with Crippen LogP contribution in [0.3, 0.4) is 0 Å². The zero-order valence-corrected chi connectivity index (χ0v) is 22.7. The number of aliphatic hydroxyl groups is 1. The van der Waals surface area contributed by atoms with Crippen LogP contribution in [0, 0.1) is 17.8 Å². The molecule has 0 unspecified atom stereocenters. The van der Waals surface area contributed by atoms with E-state index in [1.807, 2.05) is 47.4 Å². The highest BCUT2D eigenvalue weighted by Crippen LogP contribution is 2.22. The summed E-state index contributed by atoms with van der Waals surface area (Å²) in [6.07, 6.45) is 11.1. The largest absolute Gasteiger partial charge is 0.497 e. The van der Waals surface area contributed by atoms with Gasteiger partial charge in [0.1, 0.15) is 5.75 Å². The Morgan fingerprint density at radius 3 is 2.11 bits per heavy atom. The van der Waals surface area contributed by atoms with Crippen LogP contribution in [-0.2, 0) is 0 Å². The SMILES string of the molecule is C(#CC1CCCCC1)c1ccccc1.CO.COc1ccc(NC(=O)N2CCCCNCCCC2)cc1. The minimum atomic E-state index is -0.00583. The Morgan fingerprint density at radius 1 is 0.892 bits per heavy atom. The van der Waals surface area contributed by atoms with E-state index in [0.717, 1.165) is 76.0 Å². The van der Waals surface area contributed by atoms with Crippen LogP contribution in [0.4, 0.5) is 10.5 Å². The van der Waals surface area contributed by atoms with Crippen LogP contribution >= 0.6 is 0 Å². The van der Waals surface area contributed by atoms with Crippen molar-refractivity contribution in [3.8, 4) is 17.6 Å². The summed E-state index contributed by atoms with van der Waals surface area (Å²) in [5, 5.41) is 13.4. The molecule has 4 rings (SSSR count). The van der Waals surface area contributed by atoms with Gasteiger partial charge in [0.15, 0.2) is 0 Å². The normalized spacial score (nSPS) is 16.4. The predicted octanol–water partition coefficient (Wildman–Crippen LogP) is 5.92. The standard InChI is InChI=1S/C16H25N3O2.C14H16.CH4O/c1-21-15-8-6-14(7-9-15)18-16(20)19-12-4-2-10-17-11-3-5-13-19;1-3-7-13(8-4-1)11-12-14-9-5-2-6-10-14;1-2/h6-9,17H,2-5,10-13H2,1H3,(H,18,20);1,3-4,7-8,14H,2,5-6,9-10H2;2H,1H3. The van der Waals surface area contributed by atoms with Crippen LogP contribution in [0.1, 0.15) is 63.4 Å². The first-order valence-corrected chi connectivity index (χ1v) is 13.7. The molecule has 2 aromatic carbocycles. The van der Waals surface area contributed by atoms with Crippen molar-refractivity contribution in [3.05, 3.63) is 60.2 Å². The van der Waals surface area contributed by atoms with E-state index in [0.29, 0.717) is 5.92 Å². The number of carbonyl (C=O) groups is 1. The van der Waals surface area contributed by atoms with Crippen molar-refractivity contribution < 1.29 is 14.6 Å². The molecule has 2 amide bonds. The highest BCUT2D eigenvalue weighted by molar-refractivity contribution is 5.89. The first-order chi connectivity index (χ1) is 18.2. The molecule has 1 saturated carbocycles. The minimum Gasteiger partial charge on any atom is -0.497 e. The second-order valence-electron chi connectivity index (χ2n) is 9.28. The van der Waals surface area contributed by atoms with Crippen molar-refractivity contribution in [2.75, 3.05) is 45.7 Å². The number of amides is 2. The van der Waals surface area contributed by atoms with Crippen LogP contribution in [0.15, 0.2) is 54.6 Å². The number of carbonyl (C=O) groups excluding carboxylic acids is 1. The topological polar surface area (TPSA) is 73.8 Å². The lowest BCUT2D eigenvalue weighted by Gasteiger charge is -2.24. The third kappa shape index (κ3) is 12.7. The van der Waals surface area contributed by atoms with Gasteiger partial charge in [-0.1, -0.05) is 49.3 Å². The van der Waals surface area contributed by atoms with Gasteiger partial charge in [-0.05, 0) is 88.0 Å². The molecule has 0 spiro atoms. The Hall–Kier alpha value is -3.01. The Kier molecular flexibility index (Phi) is 15.6. The molecule has 2 aromatic rings. The fourth-order valence-electron chi connectivity index (χ4n) is 4.38. The molecule has 37 heavy (non-hydrogen) atoms. The summed E-state index contributed by atoms with van der Waals surface area (Å²) < 4.78 is 5.12. The van der Waals surface area contributed by atoms with Crippen molar-refractivity contribution in [1.29, 1.82) is 0 Å². The van der Waals surface area contributed by atoms with Crippen LogP contribution in [-0.4, -0.2) is 56.4 Å². The van der Waals surface area contributed by atoms with Crippen molar-refractivity contribution in [2.24, 2.45) is 5.92 Å². The monoisotopic (exact) mass is 507 g/mol. The predicted molar refractivity (Wildman–Crippen MR) is 153 cm³/mol. The smallest absolute Gasteiger partial charge is 0.321 e. The molecule has 2 fully saturated rings. The fraction of sp³-hybridized carbons (Fsp3) is 0.516. The Morgan fingerprint density at radius 2 is 1.51 bits per heavy atom. The summed E-state index contributed by atoms with van der Waals surface area (Å²) in [5.74, 6) is 8.10. The molecule has 2 aliphatic rings. The Labute approximate surface area is 223 Å². The number of benzene rings is 2. The number of nitrogens with one attached hydrogen (secondary N) is 2. The maximum atomic E-state index is 12.4. The number of ether oxygens (including phenoxy) is 1. The van der Waals surface area contributed by atoms with Crippen LogP contribution in [0.25, 0.3) is 0 Å². The average molecular weight is 508 g/mol. The van der Waals surface area contributed by atoms with Crippen LogP contribution in [0.5, 0.6) is 5.75 Å². The highest BCUT2D eigenvalue weighted by Gasteiger charge is 2.14. The lowest BCUT2D eigenvalue weighted by molar-refractivity contribution is 0.208. The number of rotatable bonds is 2. The summed E-state index contributed by atoms with van der Waals surface area (Å²) in [6, 6.07) is 17.7. The van der Waals surface area contributed by atoms with E-state index < -0.39 is 0 Å². The minimum absolute atomic E-state index is 0.00583. The molecule has 1 saturated heterocycles. The molecule has 0 atom stereocenters. The molecule has 3 N–H and O–H groups in total. The van der Waals surface area contributed by atoms with Crippen LogP contribution in [0.2, 0.25) is 0 Å². The number of urea groups is 1. The average Bonchev–Trinajstić information content (AvgIpc) is 2.97. The van der Waals surface area contributed by atoms with E-state index in [4.69, 9.17) is 9.84 Å². The number of nitrogens with zero attached hydrogens (tertiary/aromatic N) is 1. The van der Waals surface area contributed by atoms with Crippen molar-refractivity contribution in [2.45, 2.75) is 57.8 Å². The van der Waals surface area contributed by atoms with Gasteiger partial charge in [0.2, 0.25) is 0 Å². The maximum absolute atomic E-state index is 12.4. The van der Waals surface area contributed by atoms with E-state index in [2.05, 4.69) is 34.6 Å². The Balaban J connectivity index is 0.000000260. The molecule has 0 bridgehead atoms. The van der Waals surface area contributed by atoms with Crippen molar-refractivity contribution in [3.63, 3.8) is 0 Å². The molecular weight excluding hydrogens is 462 g/mol. The molecular formula is C31H45N3O3. The van der Waals surface area contributed by atoms with Crippen molar-refractivity contribution in [1.82, 2.24) is 10.2 Å². The summed E-state index contributed by atoms with van der Waals surface area (Å²) in [6.45, 7) is 3.75. The van der Waals surface area contributed by atoms with Gasteiger partial charge in [-0.3, -0.25) is 0 Å². The molecule has 1 aliphatic carbocycles. The van der Waals surface area contributed by atoms with Gasteiger partial charge in [0, 0.05) is 37.4 Å². The van der Waals surface area contributed by atoms with Gasteiger partial charge >= 0.3 is 6.03 Å². The second-order valence-corrected chi connectivity index (χ2v) is 9.28. The highest BCUT2D eigenvalue weighted by atomic mass is 16.5. The van der Waals surface area contributed by atoms with Gasteiger partial charge in [0.05, 0.1) is 7.11 Å². The molecule has 6 heteroatoms. The molecule has 202 valence electrons. The number of anilines is 1. The zero-order chi connectivity index (χ0) is 26.6. The number of hydrogen-bond acceptors (Lipinski definition) is 4. The lowest BCUT2D eigenvalue weighted by Crippen LogP contribution is -2.37. The maximum Gasteiger partial charge on any atom is 0.321 e. The van der Waals surface area contributed by atoms with E-state index in [-0.39, 0.29) is 6.03 Å². The zero-order valence-electron chi connectivity index (χ0n) is 22.7. The molecule has 1 aliphatic heterocycles.